The minimum absolute atomic E-state index is 0.00540. The van der Waals surface area contributed by atoms with Gasteiger partial charge in [0.15, 0.2) is 5.13 Å². The number of aromatic nitrogens is 1. The molecule has 0 unspecified atom stereocenters. The van der Waals surface area contributed by atoms with E-state index < -0.39 is 0 Å². The molecule has 2 aromatic carbocycles. The Bertz CT molecular complexity index is 893. The smallest absolute Gasteiger partial charge is 0.250 e. The third-order valence-electron chi connectivity index (χ3n) is 3.69. The predicted octanol–water partition coefficient (Wildman–Crippen LogP) is 4.56. The number of amides is 1. The van der Waals surface area contributed by atoms with Crippen molar-refractivity contribution in [2.24, 2.45) is 0 Å². The van der Waals surface area contributed by atoms with Gasteiger partial charge in [-0.15, -0.1) is 17.9 Å². The number of nitrogens with zero attached hydrogens (tertiary/aromatic N) is 1. The van der Waals surface area contributed by atoms with Gasteiger partial charge in [0, 0.05) is 23.2 Å². The first-order valence-corrected chi connectivity index (χ1v) is 9.45. The Morgan fingerprint density at radius 1 is 1.19 bits per heavy atom. The maximum Gasteiger partial charge on any atom is 0.250 e. The van der Waals surface area contributed by atoms with Crippen molar-refractivity contribution in [1.82, 2.24) is 4.98 Å². The van der Waals surface area contributed by atoms with Crippen LogP contribution in [0.1, 0.15) is 5.56 Å². The summed E-state index contributed by atoms with van der Waals surface area (Å²) in [5.41, 5.74) is 3.56. The van der Waals surface area contributed by atoms with E-state index in [1.165, 1.54) is 11.3 Å². The van der Waals surface area contributed by atoms with Crippen LogP contribution in [-0.4, -0.2) is 24.0 Å². The molecule has 27 heavy (non-hydrogen) atoms. The molecule has 0 bridgehead atoms. The molecule has 0 spiro atoms. The number of ether oxygens (including phenoxy) is 1. The highest BCUT2D eigenvalue weighted by atomic mass is 32.1. The maximum atomic E-state index is 12.1. The van der Waals surface area contributed by atoms with Crippen LogP contribution in [0.3, 0.4) is 0 Å². The molecule has 6 heteroatoms. The van der Waals surface area contributed by atoms with E-state index in [2.05, 4.69) is 22.2 Å². The second kappa shape index (κ2) is 9.66. The highest BCUT2D eigenvalue weighted by Gasteiger charge is 2.07. The Balaban J connectivity index is 1.54. The summed E-state index contributed by atoms with van der Waals surface area (Å²) in [7, 11) is 0. The van der Waals surface area contributed by atoms with E-state index >= 15 is 0 Å². The molecular weight excluding hydrogens is 358 g/mol. The lowest BCUT2D eigenvalue weighted by atomic mass is 10.1. The van der Waals surface area contributed by atoms with Gasteiger partial charge < -0.3 is 15.4 Å². The maximum absolute atomic E-state index is 12.1. The number of rotatable bonds is 9. The predicted molar refractivity (Wildman–Crippen MR) is 111 cm³/mol. The van der Waals surface area contributed by atoms with Gasteiger partial charge in [0.1, 0.15) is 6.61 Å². The summed E-state index contributed by atoms with van der Waals surface area (Å²) >= 11 is 1.54. The first kappa shape index (κ1) is 18.8. The molecule has 0 radical (unpaired) electrons. The fraction of sp³-hybridized carbons (Fsp3) is 0.143. The van der Waals surface area contributed by atoms with Crippen LogP contribution < -0.4 is 10.6 Å². The lowest BCUT2D eigenvalue weighted by Gasteiger charge is -2.07. The van der Waals surface area contributed by atoms with E-state index in [0.717, 1.165) is 27.6 Å². The molecule has 0 saturated carbocycles. The SMILES string of the molecule is C=CCNc1nc(-c2cccc(NC(=O)COCc3ccccc3)c2)cs1. The first-order chi connectivity index (χ1) is 13.2. The van der Waals surface area contributed by atoms with Crippen molar-refractivity contribution in [3.63, 3.8) is 0 Å². The number of benzene rings is 2. The fourth-order valence-electron chi connectivity index (χ4n) is 2.44. The van der Waals surface area contributed by atoms with Crippen molar-refractivity contribution < 1.29 is 9.53 Å². The summed E-state index contributed by atoms with van der Waals surface area (Å²) in [6.45, 7) is 4.77. The molecule has 0 saturated heterocycles. The van der Waals surface area contributed by atoms with Crippen molar-refractivity contribution in [3.05, 3.63) is 78.2 Å². The van der Waals surface area contributed by atoms with E-state index in [9.17, 15) is 4.79 Å². The number of anilines is 2. The molecule has 1 aromatic heterocycles. The van der Waals surface area contributed by atoms with Crippen LogP contribution >= 0.6 is 11.3 Å². The van der Waals surface area contributed by atoms with Crippen LogP contribution in [0.2, 0.25) is 0 Å². The number of thiazole rings is 1. The van der Waals surface area contributed by atoms with Gasteiger partial charge in [-0.05, 0) is 17.7 Å². The Morgan fingerprint density at radius 3 is 2.85 bits per heavy atom. The van der Waals surface area contributed by atoms with Gasteiger partial charge in [0.05, 0.1) is 12.3 Å². The lowest BCUT2D eigenvalue weighted by molar-refractivity contribution is -0.121. The minimum Gasteiger partial charge on any atom is -0.367 e. The monoisotopic (exact) mass is 379 g/mol. The summed E-state index contributed by atoms with van der Waals surface area (Å²) in [6.07, 6.45) is 1.79. The standard InChI is InChI=1S/C21H21N3O2S/c1-2-11-22-21-24-19(15-27-21)17-9-6-10-18(12-17)23-20(25)14-26-13-16-7-4-3-5-8-16/h2-10,12,15H,1,11,13-14H2,(H,22,24)(H,23,25). The van der Waals surface area contributed by atoms with Crippen LogP contribution in [-0.2, 0) is 16.1 Å². The highest BCUT2D eigenvalue weighted by Crippen LogP contribution is 2.26. The zero-order chi connectivity index (χ0) is 18.9. The third-order valence-corrected chi connectivity index (χ3v) is 4.49. The molecule has 0 aliphatic carbocycles. The molecule has 3 rings (SSSR count). The number of nitrogens with one attached hydrogen (secondary N) is 2. The van der Waals surface area contributed by atoms with E-state index in [-0.39, 0.29) is 12.5 Å². The zero-order valence-corrected chi connectivity index (χ0v) is 15.7. The molecule has 0 aliphatic rings. The second-order valence-corrected chi connectivity index (χ2v) is 6.67. The van der Waals surface area contributed by atoms with Gasteiger partial charge in [-0.1, -0.05) is 48.5 Å². The van der Waals surface area contributed by atoms with Crippen molar-refractivity contribution >= 4 is 28.1 Å². The van der Waals surface area contributed by atoms with E-state index in [1.807, 2.05) is 60.0 Å². The largest absolute Gasteiger partial charge is 0.367 e. The van der Waals surface area contributed by atoms with Gasteiger partial charge in [0.2, 0.25) is 5.91 Å². The van der Waals surface area contributed by atoms with E-state index in [4.69, 9.17) is 4.74 Å². The second-order valence-electron chi connectivity index (χ2n) is 5.81. The van der Waals surface area contributed by atoms with Gasteiger partial charge >= 0.3 is 0 Å². The van der Waals surface area contributed by atoms with Crippen LogP contribution in [0.4, 0.5) is 10.8 Å². The Labute approximate surface area is 162 Å². The molecule has 138 valence electrons. The van der Waals surface area contributed by atoms with Gasteiger partial charge in [0.25, 0.3) is 0 Å². The molecule has 1 amide bonds. The zero-order valence-electron chi connectivity index (χ0n) is 14.9. The van der Waals surface area contributed by atoms with Crippen LogP contribution in [0.5, 0.6) is 0 Å². The third kappa shape index (κ3) is 5.77. The van der Waals surface area contributed by atoms with Gasteiger partial charge in [-0.3, -0.25) is 4.79 Å². The first-order valence-electron chi connectivity index (χ1n) is 8.57. The van der Waals surface area contributed by atoms with Gasteiger partial charge in [-0.25, -0.2) is 4.98 Å². The molecule has 3 aromatic rings. The number of hydrogen-bond donors (Lipinski definition) is 2. The highest BCUT2D eigenvalue weighted by molar-refractivity contribution is 7.14. The van der Waals surface area contributed by atoms with Crippen LogP contribution in [0.15, 0.2) is 72.6 Å². The van der Waals surface area contributed by atoms with Crippen molar-refractivity contribution in [3.8, 4) is 11.3 Å². The van der Waals surface area contributed by atoms with E-state index in [1.54, 1.807) is 6.08 Å². The summed E-state index contributed by atoms with van der Waals surface area (Å²) in [5.74, 6) is -0.185. The Kier molecular flexibility index (Phi) is 6.73. The molecule has 0 fully saturated rings. The quantitative estimate of drug-likeness (QED) is 0.535. The summed E-state index contributed by atoms with van der Waals surface area (Å²) in [5, 5.41) is 8.86. The minimum atomic E-state index is -0.185. The summed E-state index contributed by atoms with van der Waals surface area (Å²) in [4.78, 5) is 16.6. The number of carbonyl (C=O) groups is 1. The number of carbonyl (C=O) groups excluding carboxylic acids is 1. The van der Waals surface area contributed by atoms with Crippen LogP contribution in [0.25, 0.3) is 11.3 Å². The van der Waals surface area contributed by atoms with Crippen LogP contribution in [0, 0.1) is 0 Å². The topological polar surface area (TPSA) is 63.2 Å². The lowest BCUT2D eigenvalue weighted by Crippen LogP contribution is -2.18. The fourth-order valence-corrected chi connectivity index (χ4v) is 3.17. The molecule has 0 aliphatic heterocycles. The summed E-state index contributed by atoms with van der Waals surface area (Å²) < 4.78 is 5.47. The molecule has 1 heterocycles. The molecule has 2 N–H and O–H groups in total. The normalized spacial score (nSPS) is 10.4. The van der Waals surface area contributed by atoms with Crippen molar-refractivity contribution in [1.29, 1.82) is 0 Å². The molecule has 5 nitrogen and oxygen atoms in total. The van der Waals surface area contributed by atoms with Gasteiger partial charge in [-0.2, -0.15) is 0 Å². The van der Waals surface area contributed by atoms with E-state index in [0.29, 0.717) is 13.2 Å². The Hall–Kier alpha value is -2.96. The van der Waals surface area contributed by atoms with Crippen molar-refractivity contribution in [2.75, 3.05) is 23.8 Å². The Morgan fingerprint density at radius 2 is 2.04 bits per heavy atom. The molecule has 0 atom stereocenters. The summed E-state index contributed by atoms with van der Waals surface area (Å²) in [6, 6.07) is 17.4. The molecular formula is C21H21N3O2S. The number of hydrogen-bond acceptors (Lipinski definition) is 5. The average Bonchev–Trinajstić information content (AvgIpc) is 3.16. The van der Waals surface area contributed by atoms with Crippen molar-refractivity contribution in [2.45, 2.75) is 6.61 Å². The average molecular weight is 379 g/mol.